The predicted octanol–water partition coefficient (Wildman–Crippen LogP) is 0.358. The van der Waals surface area contributed by atoms with Crippen LogP contribution >= 0.6 is 0 Å². The number of fused-ring (bicyclic) bond motifs is 1. The van der Waals surface area contributed by atoms with E-state index in [1.165, 1.54) is 5.56 Å². The molecule has 1 aromatic heterocycles. The third-order valence-corrected chi connectivity index (χ3v) is 4.02. The van der Waals surface area contributed by atoms with Crippen LogP contribution in [0.15, 0.2) is 67.0 Å². The molecule has 27 heavy (non-hydrogen) atoms. The minimum Gasteiger partial charge on any atom is -1.00 e. The Morgan fingerprint density at radius 2 is 1.63 bits per heavy atom. The van der Waals surface area contributed by atoms with Gasteiger partial charge in [0.15, 0.2) is 0 Å². The molecular formula is C18H18BF4N3O. The van der Waals surface area contributed by atoms with Crippen molar-refractivity contribution >= 4 is 7.54 Å². The van der Waals surface area contributed by atoms with Gasteiger partial charge in [-0.2, -0.15) is 0 Å². The Kier molecular flexibility index (Phi) is 7.54. The zero-order valence-electron chi connectivity index (χ0n) is 14.4. The van der Waals surface area contributed by atoms with Crippen LogP contribution in [-0.2, 0) is 17.8 Å². The van der Waals surface area contributed by atoms with Crippen LogP contribution in [0.1, 0.15) is 17.4 Å². The van der Waals surface area contributed by atoms with Gasteiger partial charge in [0.25, 0.3) is 0 Å². The van der Waals surface area contributed by atoms with Crippen LogP contribution < -0.4 is 9.27 Å². The van der Waals surface area contributed by atoms with E-state index in [2.05, 4.69) is 52.4 Å². The Hall–Kier alpha value is -2.68. The summed E-state index contributed by atoms with van der Waals surface area (Å²) >= 11 is 0. The molecule has 4 rings (SSSR count). The molecule has 1 aliphatic heterocycles. The monoisotopic (exact) mass is 379 g/mol. The lowest BCUT2D eigenvalue weighted by molar-refractivity contribution is -0.742. The summed E-state index contributed by atoms with van der Waals surface area (Å²) in [6.07, 6.45) is 3.04. The van der Waals surface area contributed by atoms with Crippen LogP contribution in [0.2, 0.25) is 0 Å². The first-order valence-electron chi connectivity index (χ1n) is 8.22. The van der Waals surface area contributed by atoms with Gasteiger partial charge in [0, 0.05) is 11.5 Å². The summed E-state index contributed by atoms with van der Waals surface area (Å²) in [6.45, 7) is 1.30. The molecule has 0 bridgehead atoms. The molecule has 0 amide bonds. The molecule has 0 saturated carbocycles. The van der Waals surface area contributed by atoms with E-state index in [9.17, 15) is 12.9 Å². The highest BCUT2D eigenvalue weighted by Gasteiger charge is 2.29. The lowest BCUT2D eigenvalue weighted by Gasteiger charge is -2.19. The van der Waals surface area contributed by atoms with E-state index in [0.29, 0.717) is 12.6 Å². The Morgan fingerprint density at radius 1 is 1.04 bits per heavy atom. The van der Waals surface area contributed by atoms with E-state index in [0.717, 1.165) is 24.5 Å². The van der Waals surface area contributed by atoms with Gasteiger partial charge >= 0.3 is 13.4 Å². The Morgan fingerprint density at radius 3 is 2.26 bits per heavy atom. The van der Waals surface area contributed by atoms with E-state index in [1.807, 2.05) is 28.9 Å². The summed E-state index contributed by atoms with van der Waals surface area (Å²) in [5.41, 5.74) is 2.40. The van der Waals surface area contributed by atoms with Crippen LogP contribution in [0.3, 0.4) is 0 Å². The van der Waals surface area contributed by atoms with Gasteiger partial charge in [0.05, 0.1) is 6.61 Å². The second kappa shape index (κ2) is 9.87. The number of hydrogen-bond donors (Lipinski definition) is 0. The highest BCUT2D eigenvalue weighted by molar-refractivity contribution is 6.33. The van der Waals surface area contributed by atoms with Gasteiger partial charge in [-0.25, -0.2) is 4.57 Å². The number of para-hydroxylation sites is 1. The van der Waals surface area contributed by atoms with Gasteiger partial charge in [-0.15, -0.1) is 0 Å². The molecule has 0 aliphatic carbocycles. The highest BCUT2D eigenvalue weighted by Crippen LogP contribution is 2.16. The molecule has 1 aliphatic rings. The zero-order chi connectivity index (χ0) is 18.4. The standard InChI is InChI=1S/C18H18N3O.BF3.FH/c1-3-7-15(8-4-1)11-17-12-22-13-18-19-21(14-20(17)18)16-9-5-2-6-10-16;2-1(3)4;/h1-10,14,17H,11-13H2;;1H/q+1;;/p-1/t17-;;/m0../s1. The molecule has 0 fully saturated rings. The van der Waals surface area contributed by atoms with Crippen molar-refractivity contribution in [2.45, 2.75) is 19.1 Å². The Balaban J connectivity index is 0.000000479. The van der Waals surface area contributed by atoms with E-state index in [1.54, 1.807) is 0 Å². The fourth-order valence-electron chi connectivity index (χ4n) is 2.91. The normalized spacial score (nSPS) is 15.0. The number of hydrogen-bond acceptors (Lipinski definition) is 2. The zero-order valence-corrected chi connectivity index (χ0v) is 14.4. The summed E-state index contributed by atoms with van der Waals surface area (Å²) in [5.74, 6) is 0.982. The average molecular weight is 379 g/mol. The molecule has 0 N–H and O–H groups in total. The second-order valence-corrected chi connectivity index (χ2v) is 5.83. The number of halogens is 4. The number of aromatic nitrogens is 3. The fourth-order valence-corrected chi connectivity index (χ4v) is 2.91. The lowest BCUT2D eigenvalue weighted by Crippen LogP contribution is -3.00. The van der Waals surface area contributed by atoms with Crippen LogP contribution in [0.25, 0.3) is 5.69 Å². The maximum atomic E-state index is 9.67. The first kappa shape index (κ1) is 20.6. The molecule has 0 spiro atoms. The number of ether oxygens (including phenoxy) is 1. The van der Waals surface area contributed by atoms with Crippen molar-refractivity contribution in [3.05, 3.63) is 78.4 Å². The van der Waals surface area contributed by atoms with Gasteiger partial charge in [-0.1, -0.05) is 53.2 Å². The molecule has 3 aromatic rings. The van der Waals surface area contributed by atoms with Crippen molar-refractivity contribution in [2.24, 2.45) is 0 Å². The summed E-state index contributed by atoms with van der Waals surface area (Å²) in [7, 11) is -3.67. The van der Waals surface area contributed by atoms with E-state index < -0.39 is 7.54 Å². The quantitative estimate of drug-likeness (QED) is 0.374. The molecule has 2 aromatic carbocycles. The molecular weight excluding hydrogens is 361 g/mol. The summed E-state index contributed by atoms with van der Waals surface area (Å²) in [5, 5.41) is 4.67. The second-order valence-electron chi connectivity index (χ2n) is 5.83. The van der Waals surface area contributed by atoms with Gasteiger partial charge in [-0.05, 0) is 17.7 Å². The first-order chi connectivity index (χ1) is 12.6. The molecule has 0 unspecified atom stereocenters. The van der Waals surface area contributed by atoms with Crippen molar-refractivity contribution in [3.63, 3.8) is 0 Å². The topological polar surface area (TPSA) is 30.9 Å². The molecule has 1 atom stereocenters. The molecule has 0 saturated heterocycles. The van der Waals surface area contributed by atoms with E-state index in [4.69, 9.17) is 4.74 Å². The van der Waals surface area contributed by atoms with Crippen LogP contribution in [0.5, 0.6) is 0 Å². The predicted molar refractivity (Wildman–Crippen MR) is 91.7 cm³/mol. The molecule has 2 heterocycles. The smallest absolute Gasteiger partial charge is 0.762 e. The SMILES string of the molecule is FB(F)F.[F-].c1ccc(C[C@H]2COCc3nn(-c4ccccc4)c[n+]32)cc1. The minimum atomic E-state index is -3.67. The fraction of sp³-hybridized carbons (Fsp3) is 0.222. The van der Waals surface area contributed by atoms with E-state index >= 15 is 0 Å². The van der Waals surface area contributed by atoms with Crippen molar-refractivity contribution < 1.29 is 27.0 Å². The molecule has 0 radical (unpaired) electrons. The number of benzene rings is 2. The van der Waals surface area contributed by atoms with Gasteiger partial charge in [0.2, 0.25) is 6.33 Å². The molecule has 4 nitrogen and oxygen atoms in total. The average Bonchev–Trinajstić information content (AvgIpc) is 3.08. The molecule has 9 heteroatoms. The van der Waals surface area contributed by atoms with Gasteiger partial charge in [-0.3, -0.25) is 12.9 Å². The van der Waals surface area contributed by atoms with Crippen LogP contribution in [0, 0.1) is 0 Å². The van der Waals surface area contributed by atoms with Crippen molar-refractivity contribution in [3.8, 4) is 5.69 Å². The summed E-state index contributed by atoms with van der Waals surface area (Å²) in [4.78, 5) is 0. The first-order valence-corrected chi connectivity index (χ1v) is 8.22. The van der Waals surface area contributed by atoms with E-state index in [-0.39, 0.29) is 4.70 Å². The lowest BCUT2D eigenvalue weighted by atomic mass is 10.1. The minimum absolute atomic E-state index is 0. The van der Waals surface area contributed by atoms with Crippen LogP contribution in [-0.4, -0.2) is 23.9 Å². The summed E-state index contributed by atoms with van der Waals surface area (Å²) < 4.78 is 38.9. The van der Waals surface area contributed by atoms with Crippen LogP contribution in [0.4, 0.5) is 12.9 Å². The summed E-state index contributed by atoms with van der Waals surface area (Å²) in [6, 6.07) is 21.0. The van der Waals surface area contributed by atoms with Gasteiger partial charge < -0.3 is 9.44 Å². The third-order valence-electron chi connectivity index (χ3n) is 4.02. The highest BCUT2D eigenvalue weighted by atomic mass is 19.4. The molecule has 142 valence electrons. The van der Waals surface area contributed by atoms with Crippen molar-refractivity contribution in [2.75, 3.05) is 6.61 Å². The van der Waals surface area contributed by atoms with Crippen molar-refractivity contribution in [1.82, 2.24) is 9.78 Å². The maximum Gasteiger partial charge on any atom is 0.762 e. The van der Waals surface area contributed by atoms with Crippen molar-refractivity contribution in [1.29, 1.82) is 0 Å². The Bertz CT molecular complexity index is 815. The Labute approximate surface area is 154 Å². The third kappa shape index (κ3) is 5.65. The number of rotatable bonds is 3. The van der Waals surface area contributed by atoms with Gasteiger partial charge in [0.1, 0.15) is 18.3 Å². The number of nitrogens with zero attached hydrogens (tertiary/aromatic N) is 3. The largest absolute Gasteiger partial charge is 1.00 e. The maximum absolute atomic E-state index is 9.67.